The van der Waals surface area contributed by atoms with Gasteiger partial charge in [-0.3, -0.25) is 14.4 Å². The van der Waals surface area contributed by atoms with E-state index in [-0.39, 0.29) is 18.9 Å². The van der Waals surface area contributed by atoms with E-state index in [1.54, 1.807) is 0 Å². The van der Waals surface area contributed by atoms with Gasteiger partial charge in [0.25, 0.3) is 0 Å². The lowest BCUT2D eigenvalue weighted by Gasteiger charge is -2.26. The molecule has 0 heterocycles. The van der Waals surface area contributed by atoms with Gasteiger partial charge in [0.05, 0.1) is 12.6 Å². The summed E-state index contributed by atoms with van der Waals surface area (Å²) in [4.78, 5) is 48.1. The highest BCUT2D eigenvalue weighted by Crippen LogP contribution is 2.08. The second kappa shape index (κ2) is 13.9. The van der Waals surface area contributed by atoms with E-state index in [2.05, 4.69) is 16.0 Å². The Kier molecular flexibility index (Phi) is 12.8. The zero-order chi connectivity index (χ0) is 22.6. The molecule has 4 atom stereocenters. The highest BCUT2D eigenvalue weighted by molar-refractivity contribution is 5.93. The Morgan fingerprint density at radius 1 is 0.897 bits per heavy atom. The van der Waals surface area contributed by atoms with Gasteiger partial charge in [0, 0.05) is 0 Å². The maximum atomic E-state index is 12.7. The van der Waals surface area contributed by atoms with Gasteiger partial charge in [-0.05, 0) is 45.1 Å². The molecule has 9 N–H and O–H groups in total. The number of rotatable bonds is 14. The molecule has 3 amide bonds. The van der Waals surface area contributed by atoms with Crippen LogP contribution in [0.3, 0.4) is 0 Å². The van der Waals surface area contributed by atoms with Crippen molar-refractivity contribution in [2.45, 2.75) is 70.7 Å². The van der Waals surface area contributed by atoms with Crippen molar-refractivity contribution >= 4 is 23.7 Å². The molecule has 0 aliphatic heterocycles. The molecule has 0 aromatic heterocycles. The molecule has 4 unspecified atom stereocenters. The SMILES string of the molecule is CC(C)CC(NC(=O)C(CCCCN)NC(=O)CN)C(=O)NC(C(=O)O)C(C)O. The summed E-state index contributed by atoms with van der Waals surface area (Å²) in [5, 5.41) is 26.0. The van der Waals surface area contributed by atoms with Gasteiger partial charge in [-0.15, -0.1) is 0 Å². The summed E-state index contributed by atoms with van der Waals surface area (Å²) in [5.41, 5.74) is 10.8. The lowest BCUT2D eigenvalue weighted by atomic mass is 10.0. The topological polar surface area (TPSA) is 197 Å². The summed E-state index contributed by atoms with van der Waals surface area (Å²) in [6, 6.07) is -3.44. The van der Waals surface area contributed by atoms with Gasteiger partial charge in [-0.1, -0.05) is 13.8 Å². The van der Waals surface area contributed by atoms with Crippen LogP contribution in [0.5, 0.6) is 0 Å². The number of hydrogen-bond acceptors (Lipinski definition) is 7. The summed E-state index contributed by atoms with van der Waals surface area (Å²) < 4.78 is 0. The van der Waals surface area contributed by atoms with Crippen LogP contribution in [0.1, 0.15) is 46.5 Å². The highest BCUT2D eigenvalue weighted by atomic mass is 16.4. The molecule has 0 saturated heterocycles. The number of aliphatic carboxylic acids is 1. The van der Waals surface area contributed by atoms with Crippen molar-refractivity contribution in [3.8, 4) is 0 Å². The fourth-order valence-corrected chi connectivity index (χ4v) is 2.63. The first-order valence-corrected chi connectivity index (χ1v) is 9.74. The molecule has 0 fully saturated rings. The molecule has 0 aromatic carbocycles. The molecule has 11 nitrogen and oxygen atoms in total. The van der Waals surface area contributed by atoms with Crippen molar-refractivity contribution in [1.29, 1.82) is 0 Å². The van der Waals surface area contributed by atoms with E-state index in [4.69, 9.17) is 16.6 Å². The summed E-state index contributed by atoms with van der Waals surface area (Å²) in [7, 11) is 0. The number of aliphatic hydroxyl groups is 1. The normalized spacial score (nSPS) is 15.1. The van der Waals surface area contributed by atoms with E-state index in [1.807, 2.05) is 13.8 Å². The van der Waals surface area contributed by atoms with Crippen LogP contribution in [0.15, 0.2) is 0 Å². The first-order valence-electron chi connectivity index (χ1n) is 9.74. The zero-order valence-corrected chi connectivity index (χ0v) is 17.3. The number of carboxylic acid groups (broad SMARTS) is 1. The fourth-order valence-electron chi connectivity index (χ4n) is 2.63. The van der Waals surface area contributed by atoms with Gasteiger partial charge in [-0.2, -0.15) is 0 Å². The van der Waals surface area contributed by atoms with E-state index in [0.717, 1.165) is 0 Å². The minimum Gasteiger partial charge on any atom is -0.480 e. The molecule has 168 valence electrons. The van der Waals surface area contributed by atoms with Crippen LogP contribution in [0, 0.1) is 5.92 Å². The summed E-state index contributed by atoms with van der Waals surface area (Å²) in [5.74, 6) is -3.20. The lowest BCUT2D eigenvalue weighted by Crippen LogP contribution is -2.57. The van der Waals surface area contributed by atoms with Crippen molar-refractivity contribution < 1.29 is 29.4 Å². The van der Waals surface area contributed by atoms with Crippen LogP contribution < -0.4 is 27.4 Å². The van der Waals surface area contributed by atoms with E-state index in [9.17, 15) is 24.3 Å². The molecule has 0 spiro atoms. The van der Waals surface area contributed by atoms with E-state index >= 15 is 0 Å². The van der Waals surface area contributed by atoms with Crippen LogP contribution in [0.2, 0.25) is 0 Å². The predicted octanol–water partition coefficient (Wildman–Crippen LogP) is -1.96. The van der Waals surface area contributed by atoms with Crippen LogP contribution in [-0.4, -0.2) is 71.2 Å². The van der Waals surface area contributed by atoms with Gasteiger partial charge in [0.15, 0.2) is 6.04 Å². The van der Waals surface area contributed by atoms with Crippen molar-refractivity contribution in [1.82, 2.24) is 16.0 Å². The van der Waals surface area contributed by atoms with E-state index in [0.29, 0.717) is 25.8 Å². The standard InChI is InChI=1S/C18H35N5O6/c1-10(2)8-13(17(27)23-15(11(3)24)18(28)29)22-16(26)12(6-4-5-7-19)21-14(25)9-20/h10-13,15,24H,4-9,19-20H2,1-3H3,(H,21,25)(H,22,26)(H,23,27)(H,28,29). The molecule has 0 aliphatic rings. The molecule has 0 bridgehead atoms. The highest BCUT2D eigenvalue weighted by Gasteiger charge is 2.31. The zero-order valence-electron chi connectivity index (χ0n) is 17.3. The first kappa shape index (κ1) is 26.8. The smallest absolute Gasteiger partial charge is 0.328 e. The van der Waals surface area contributed by atoms with Gasteiger partial charge in [0.1, 0.15) is 12.1 Å². The Bertz CT molecular complexity index is 555. The second-order valence-electron chi connectivity index (χ2n) is 7.36. The number of nitrogens with two attached hydrogens (primary N) is 2. The van der Waals surface area contributed by atoms with Gasteiger partial charge in [-0.25, -0.2) is 4.79 Å². The Hall–Kier alpha value is -2.24. The number of aliphatic hydroxyl groups excluding tert-OH is 1. The average Bonchev–Trinajstić information content (AvgIpc) is 2.63. The number of nitrogens with one attached hydrogen (secondary N) is 3. The van der Waals surface area contributed by atoms with E-state index < -0.39 is 47.9 Å². The van der Waals surface area contributed by atoms with Crippen molar-refractivity contribution in [3.63, 3.8) is 0 Å². The van der Waals surface area contributed by atoms with Crippen molar-refractivity contribution in [2.24, 2.45) is 17.4 Å². The Morgan fingerprint density at radius 3 is 1.93 bits per heavy atom. The quantitative estimate of drug-likeness (QED) is 0.158. The van der Waals surface area contributed by atoms with Crippen LogP contribution >= 0.6 is 0 Å². The maximum absolute atomic E-state index is 12.7. The molecule has 0 aliphatic carbocycles. The number of amides is 3. The number of carbonyl (C=O) groups excluding carboxylic acids is 3. The number of carbonyl (C=O) groups is 4. The molecule has 0 rings (SSSR count). The lowest BCUT2D eigenvalue weighted by molar-refractivity contribution is -0.145. The molecular weight excluding hydrogens is 382 g/mol. The van der Waals surface area contributed by atoms with Crippen LogP contribution in [0.4, 0.5) is 0 Å². The third-order valence-corrected chi connectivity index (χ3v) is 4.17. The molecule has 29 heavy (non-hydrogen) atoms. The Labute approximate surface area is 171 Å². The average molecular weight is 418 g/mol. The molecule has 0 radical (unpaired) electrons. The van der Waals surface area contributed by atoms with E-state index in [1.165, 1.54) is 6.92 Å². The monoisotopic (exact) mass is 417 g/mol. The first-order chi connectivity index (χ1) is 13.5. The second-order valence-corrected chi connectivity index (χ2v) is 7.36. The summed E-state index contributed by atoms with van der Waals surface area (Å²) in [6.07, 6.45) is 0.483. The molecule has 0 aromatic rings. The van der Waals surface area contributed by atoms with Crippen LogP contribution in [0.25, 0.3) is 0 Å². The molecular formula is C18H35N5O6. The summed E-state index contributed by atoms with van der Waals surface area (Å²) in [6.45, 7) is 5.07. The van der Waals surface area contributed by atoms with Gasteiger partial charge < -0.3 is 37.6 Å². The Balaban J connectivity index is 5.31. The number of carboxylic acids is 1. The minimum atomic E-state index is -1.51. The minimum absolute atomic E-state index is 0.00945. The largest absolute Gasteiger partial charge is 0.480 e. The predicted molar refractivity (Wildman–Crippen MR) is 107 cm³/mol. The number of unbranched alkanes of at least 4 members (excludes halogenated alkanes) is 1. The maximum Gasteiger partial charge on any atom is 0.328 e. The van der Waals surface area contributed by atoms with Gasteiger partial charge >= 0.3 is 5.97 Å². The molecule has 11 heteroatoms. The summed E-state index contributed by atoms with van der Waals surface area (Å²) >= 11 is 0. The fraction of sp³-hybridized carbons (Fsp3) is 0.778. The third-order valence-electron chi connectivity index (χ3n) is 4.17. The molecule has 0 saturated carbocycles. The number of hydrogen-bond donors (Lipinski definition) is 7. The third kappa shape index (κ3) is 10.8. The van der Waals surface area contributed by atoms with Crippen molar-refractivity contribution in [2.75, 3.05) is 13.1 Å². The van der Waals surface area contributed by atoms with Gasteiger partial charge in [0.2, 0.25) is 17.7 Å². The Morgan fingerprint density at radius 2 is 1.48 bits per heavy atom. The van der Waals surface area contributed by atoms with Crippen LogP contribution in [-0.2, 0) is 19.2 Å². The van der Waals surface area contributed by atoms with Crippen molar-refractivity contribution in [3.05, 3.63) is 0 Å².